The zero-order chi connectivity index (χ0) is 9.90. The Bertz CT molecular complexity index is 257. The Morgan fingerprint density at radius 1 is 1.38 bits per heavy atom. The number of nitrogens with two attached hydrogens (primary N) is 1. The van der Waals surface area contributed by atoms with Crippen molar-refractivity contribution in [3.63, 3.8) is 0 Å². The summed E-state index contributed by atoms with van der Waals surface area (Å²) in [6.45, 7) is 7.53. The lowest BCUT2D eigenvalue weighted by Gasteiger charge is -2.17. The van der Waals surface area contributed by atoms with Crippen LogP contribution in [0.5, 0.6) is 0 Å². The van der Waals surface area contributed by atoms with Crippen LogP contribution in [0.15, 0.2) is 11.4 Å². The predicted molar refractivity (Wildman–Crippen MR) is 60.0 cm³/mol. The van der Waals surface area contributed by atoms with Gasteiger partial charge in [0.15, 0.2) is 0 Å². The van der Waals surface area contributed by atoms with E-state index in [1.165, 1.54) is 23.3 Å². The normalized spacial score (nSPS) is 12.0. The van der Waals surface area contributed by atoms with Gasteiger partial charge in [-0.15, -0.1) is 11.3 Å². The molecule has 13 heavy (non-hydrogen) atoms. The Morgan fingerprint density at radius 2 is 2.08 bits per heavy atom. The van der Waals surface area contributed by atoms with Crippen LogP contribution in [0.2, 0.25) is 0 Å². The molecule has 0 unspecified atom stereocenters. The molecule has 0 bridgehead atoms. The van der Waals surface area contributed by atoms with Crippen LogP contribution in [0.3, 0.4) is 0 Å². The third-order valence-electron chi connectivity index (χ3n) is 2.17. The van der Waals surface area contributed by atoms with E-state index in [9.17, 15) is 0 Å². The number of rotatable bonds is 3. The molecule has 0 aromatic carbocycles. The standard InChI is InChI=1S/C11H19NS/c1-11(2,3)6-4-9-5-7-13-10(9)8-12/h5,7H,4,6,8,12H2,1-3H3. The molecule has 0 saturated heterocycles. The molecule has 0 atom stereocenters. The SMILES string of the molecule is CC(C)(C)CCc1ccsc1CN. The maximum absolute atomic E-state index is 5.64. The van der Waals surface area contributed by atoms with Crippen LogP contribution in [-0.2, 0) is 13.0 Å². The average Bonchev–Trinajstić information content (AvgIpc) is 2.46. The van der Waals surface area contributed by atoms with E-state index in [-0.39, 0.29) is 0 Å². The van der Waals surface area contributed by atoms with Crippen LogP contribution in [-0.4, -0.2) is 0 Å². The molecule has 1 heterocycles. The first kappa shape index (κ1) is 10.7. The molecule has 0 aliphatic rings. The van der Waals surface area contributed by atoms with Crippen molar-refractivity contribution in [1.29, 1.82) is 0 Å². The quantitative estimate of drug-likeness (QED) is 0.791. The van der Waals surface area contributed by atoms with E-state index in [1.54, 1.807) is 11.3 Å². The fourth-order valence-electron chi connectivity index (χ4n) is 1.28. The van der Waals surface area contributed by atoms with Crippen molar-refractivity contribution in [2.24, 2.45) is 11.1 Å². The fraction of sp³-hybridized carbons (Fsp3) is 0.636. The van der Waals surface area contributed by atoms with Gasteiger partial charge in [-0.25, -0.2) is 0 Å². The van der Waals surface area contributed by atoms with E-state index in [4.69, 9.17) is 5.73 Å². The van der Waals surface area contributed by atoms with Gasteiger partial charge in [0.05, 0.1) is 0 Å². The van der Waals surface area contributed by atoms with E-state index in [1.807, 2.05) is 0 Å². The first-order valence-electron chi connectivity index (χ1n) is 4.78. The third kappa shape index (κ3) is 3.49. The molecule has 1 aromatic heterocycles. The summed E-state index contributed by atoms with van der Waals surface area (Å²) in [6.07, 6.45) is 2.40. The van der Waals surface area contributed by atoms with Crippen LogP contribution in [0, 0.1) is 5.41 Å². The second-order valence-electron chi connectivity index (χ2n) is 4.63. The number of hydrogen-bond acceptors (Lipinski definition) is 2. The molecule has 0 aliphatic heterocycles. The molecule has 0 aliphatic carbocycles. The van der Waals surface area contributed by atoms with E-state index in [0.29, 0.717) is 12.0 Å². The molecule has 1 aromatic rings. The van der Waals surface area contributed by atoms with Gasteiger partial charge >= 0.3 is 0 Å². The minimum Gasteiger partial charge on any atom is -0.326 e. The summed E-state index contributed by atoms with van der Waals surface area (Å²) in [7, 11) is 0. The summed E-state index contributed by atoms with van der Waals surface area (Å²) in [5, 5.41) is 2.14. The molecule has 2 N–H and O–H groups in total. The lowest BCUT2D eigenvalue weighted by Crippen LogP contribution is -2.07. The van der Waals surface area contributed by atoms with Crippen molar-refractivity contribution in [2.75, 3.05) is 0 Å². The summed E-state index contributed by atoms with van der Waals surface area (Å²) in [4.78, 5) is 1.35. The zero-order valence-corrected chi connectivity index (χ0v) is 9.58. The molecular weight excluding hydrogens is 178 g/mol. The van der Waals surface area contributed by atoms with Crippen molar-refractivity contribution < 1.29 is 0 Å². The highest BCUT2D eigenvalue weighted by molar-refractivity contribution is 7.10. The number of thiophene rings is 1. The van der Waals surface area contributed by atoms with E-state index >= 15 is 0 Å². The summed E-state index contributed by atoms with van der Waals surface area (Å²) >= 11 is 1.78. The molecule has 74 valence electrons. The van der Waals surface area contributed by atoms with Crippen molar-refractivity contribution >= 4 is 11.3 Å². The van der Waals surface area contributed by atoms with E-state index in [2.05, 4.69) is 32.2 Å². The molecule has 0 amide bonds. The Balaban J connectivity index is 2.54. The molecule has 0 saturated carbocycles. The molecule has 1 rings (SSSR count). The summed E-state index contributed by atoms with van der Waals surface area (Å²) in [5.41, 5.74) is 7.52. The average molecular weight is 197 g/mol. The Morgan fingerprint density at radius 3 is 2.62 bits per heavy atom. The molecule has 0 spiro atoms. The van der Waals surface area contributed by atoms with Crippen LogP contribution in [0.1, 0.15) is 37.6 Å². The van der Waals surface area contributed by atoms with Gasteiger partial charge in [-0.1, -0.05) is 20.8 Å². The Kier molecular flexibility index (Phi) is 3.51. The second-order valence-corrected chi connectivity index (χ2v) is 5.63. The zero-order valence-electron chi connectivity index (χ0n) is 8.76. The lowest BCUT2D eigenvalue weighted by molar-refractivity contribution is 0.378. The monoisotopic (exact) mass is 197 g/mol. The molecular formula is C11H19NS. The lowest BCUT2D eigenvalue weighted by atomic mass is 9.89. The number of hydrogen-bond donors (Lipinski definition) is 1. The largest absolute Gasteiger partial charge is 0.326 e. The highest BCUT2D eigenvalue weighted by atomic mass is 32.1. The summed E-state index contributed by atoms with van der Waals surface area (Å²) in [5.74, 6) is 0. The van der Waals surface area contributed by atoms with Gasteiger partial charge in [0.2, 0.25) is 0 Å². The van der Waals surface area contributed by atoms with E-state index in [0.717, 1.165) is 0 Å². The van der Waals surface area contributed by atoms with Gasteiger partial charge in [-0.05, 0) is 35.3 Å². The van der Waals surface area contributed by atoms with Crippen LogP contribution in [0.4, 0.5) is 0 Å². The summed E-state index contributed by atoms with van der Waals surface area (Å²) in [6, 6.07) is 2.21. The van der Waals surface area contributed by atoms with Crippen molar-refractivity contribution in [1.82, 2.24) is 0 Å². The van der Waals surface area contributed by atoms with Gasteiger partial charge in [-0.3, -0.25) is 0 Å². The highest BCUT2D eigenvalue weighted by Crippen LogP contribution is 2.24. The molecule has 0 fully saturated rings. The van der Waals surface area contributed by atoms with Crippen molar-refractivity contribution in [2.45, 2.75) is 40.2 Å². The fourth-order valence-corrected chi connectivity index (χ4v) is 2.09. The molecule has 0 radical (unpaired) electrons. The van der Waals surface area contributed by atoms with Crippen molar-refractivity contribution in [3.05, 3.63) is 21.9 Å². The second kappa shape index (κ2) is 4.25. The minimum atomic E-state index is 0.424. The van der Waals surface area contributed by atoms with Crippen molar-refractivity contribution in [3.8, 4) is 0 Å². The van der Waals surface area contributed by atoms with Crippen LogP contribution >= 0.6 is 11.3 Å². The van der Waals surface area contributed by atoms with Gasteiger partial charge < -0.3 is 5.73 Å². The van der Waals surface area contributed by atoms with Gasteiger partial charge in [0.1, 0.15) is 0 Å². The Labute approximate surface area is 85.0 Å². The first-order chi connectivity index (χ1) is 6.03. The first-order valence-corrected chi connectivity index (χ1v) is 5.66. The topological polar surface area (TPSA) is 26.0 Å². The summed E-state index contributed by atoms with van der Waals surface area (Å²) < 4.78 is 0. The van der Waals surface area contributed by atoms with Gasteiger partial charge in [0.25, 0.3) is 0 Å². The Hall–Kier alpha value is -0.340. The minimum absolute atomic E-state index is 0.424. The van der Waals surface area contributed by atoms with Crippen LogP contribution in [0.25, 0.3) is 0 Å². The van der Waals surface area contributed by atoms with Gasteiger partial charge in [0, 0.05) is 11.4 Å². The maximum Gasteiger partial charge on any atom is 0.0276 e. The molecule has 1 nitrogen and oxygen atoms in total. The predicted octanol–water partition coefficient (Wildman–Crippen LogP) is 3.19. The number of aryl methyl sites for hydroxylation is 1. The molecule has 2 heteroatoms. The highest BCUT2D eigenvalue weighted by Gasteiger charge is 2.11. The third-order valence-corrected chi connectivity index (χ3v) is 3.15. The maximum atomic E-state index is 5.64. The van der Waals surface area contributed by atoms with Gasteiger partial charge in [-0.2, -0.15) is 0 Å². The van der Waals surface area contributed by atoms with E-state index < -0.39 is 0 Å². The smallest absolute Gasteiger partial charge is 0.0276 e. The van der Waals surface area contributed by atoms with Crippen LogP contribution < -0.4 is 5.73 Å².